The summed E-state index contributed by atoms with van der Waals surface area (Å²) < 4.78 is 29.3. The SMILES string of the molecule is CCOC(=O)CC(C)S(=O)(=O)c1ccccc1C. The highest BCUT2D eigenvalue weighted by molar-refractivity contribution is 7.92. The van der Waals surface area contributed by atoms with Crippen LogP contribution in [-0.4, -0.2) is 26.2 Å². The maximum atomic E-state index is 12.3. The zero-order valence-electron chi connectivity index (χ0n) is 10.8. The lowest BCUT2D eigenvalue weighted by Gasteiger charge is -2.13. The van der Waals surface area contributed by atoms with E-state index in [-0.39, 0.29) is 17.9 Å². The average molecular weight is 270 g/mol. The lowest BCUT2D eigenvalue weighted by Crippen LogP contribution is -2.23. The Bertz CT molecular complexity index is 520. The van der Waals surface area contributed by atoms with Gasteiger partial charge in [-0.25, -0.2) is 8.42 Å². The van der Waals surface area contributed by atoms with E-state index in [2.05, 4.69) is 0 Å². The molecular weight excluding hydrogens is 252 g/mol. The Kier molecular flexibility index (Phi) is 4.90. The van der Waals surface area contributed by atoms with Crippen LogP contribution in [-0.2, 0) is 19.4 Å². The van der Waals surface area contributed by atoms with Crippen molar-refractivity contribution in [2.45, 2.75) is 37.3 Å². The van der Waals surface area contributed by atoms with E-state index in [1.54, 1.807) is 38.1 Å². The minimum atomic E-state index is -3.48. The molecule has 0 aromatic heterocycles. The molecule has 18 heavy (non-hydrogen) atoms. The van der Waals surface area contributed by atoms with E-state index in [9.17, 15) is 13.2 Å². The molecule has 0 aliphatic carbocycles. The van der Waals surface area contributed by atoms with Gasteiger partial charge in [-0.05, 0) is 32.4 Å². The van der Waals surface area contributed by atoms with Crippen LogP contribution in [0.2, 0.25) is 0 Å². The van der Waals surface area contributed by atoms with Crippen molar-refractivity contribution in [2.24, 2.45) is 0 Å². The van der Waals surface area contributed by atoms with Gasteiger partial charge in [0.15, 0.2) is 9.84 Å². The second-order valence-electron chi connectivity index (χ2n) is 4.13. The minimum Gasteiger partial charge on any atom is -0.466 e. The summed E-state index contributed by atoms with van der Waals surface area (Å²) in [5.74, 6) is -0.484. The Morgan fingerprint density at radius 3 is 2.50 bits per heavy atom. The Balaban J connectivity index is 2.94. The van der Waals surface area contributed by atoms with E-state index in [0.29, 0.717) is 5.56 Å². The summed E-state index contributed by atoms with van der Waals surface area (Å²) in [6, 6.07) is 6.76. The fourth-order valence-electron chi connectivity index (χ4n) is 1.66. The first-order valence-electron chi connectivity index (χ1n) is 5.84. The van der Waals surface area contributed by atoms with Gasteiger partial charge in [0.25, 0.3) is 0 Å². The normalized spacial score (nSPS) is 13.1. The zero-order chi connectivity index (χ0) is 13.8. The van der Waals surface area contributed by atoms with Crippen molar-refractivity contribution >= 4 is 15.8 Å². The molecule has 1 aromatic carbocycles. The molecule has 4 nitrogen and oxygen atoms in total. The highest BCUT2D eigenvalue weighted by atomic mass is 32.2. The van der Waals surface area contributed by atoms with Crippen LogP contribution in [0.4, 0.5) is 0 Å². The topological polar surface area (TPSA) is 60.4 Å². The number of carbonyl (C=O) groups is 1. The standard InChI is InChI=1S/C13H18O4S/c1-4-17-13(14)9-11(3)18(15,16)12-8-6-5-7-10(12)2/h5-8,11H,4,9H2,1-3H3. The molecule has 1 atom stereocenters. The van der Waals surface area contributed by atoms with Crippen LogP contribution in [0.1, 0.15) is 25.8 Å². The number of hydrogen-bond acceptors (Lipinski definition) is 4. The predicted molar refractivity (Wildman–Crippen MR) is 69.1 cm³/mol. The first-order chi connectivity index (χ1) is 8.39. The maximum Gasteiger partial charge on any atom is 0.307 e. The third-order valence-electron chi connectivity index (χ3n) is 2.69. The van der Waals surface area contributed by atoms with Gasteiger partial charge in [-0.15, -0.1) is 0 Å². The molecule has 0 N–H and O–H groups in total. The first kappa shape index (κ1) is 14.7. The van der Waals surface area contributed by atoms with Gasteiger partial charge in [-0.1, -0.05) is 18.2 Å². The molecule has 1 unspecified atom stereocenters. The van der Waals surface area contributed by atoms with Gasteiger partial charge >= 0.3 is 5.97 Å². The fourth-order valence-corrected chi connectivity index (χ4v) is 3.23. The second-order valence-corrected chi connectivity index (χ2v) is 6.46. The monoisotopic (exact) mass is 270 g/mol. The lowest BCUT2D eigenvalue weighted by molar-refractivity contribution is -0.143. The van der Waals surface area contributed by atoms with Crippen molar-refractivity contribution in [1.82, 2.24) is 0 Å². The van der Waals surface area contributed by atoms with Gasteiger partial charge in [-0.3, -0.25) is 4.79 Å². The third-order valence-corrected chi connectivity index (χ3v) is 4.99. The molecule has 1 aromatic rings. The van der Waals surface area contributed by atoms with E-state index in [0.717, 1.165) is 0 Å². The molecular formula is C13H18O4S. The molecule has 5 heteroatoms. The van der Waals surface area contributed by atoms with Crippen LogP contribution in [0.3, 0.4) is 0 Å². The van der Waals surface area contributed by atoms with Crippen LogP contribution in [0.15, 0.2) is 29.2 Å². The molecule has 0 aliphatic heterocycles. The van der Waals surface area contributed by atoms with Crippen molar-refractivity contribution in [3.05, 3.63) is 29.8 Å². The van der Waals surface area contributed by atoms with Crippen molar-refractivity contribution in [1.29, 1.82) is 0 Å². The molecule has 0 amide bonds. The highest BCUT2D eigenvalue weighted by Crippen LogP contribution is 2.21. The van der Waals surface area contributed by atoms with E-state index in [1.807, 2.05) is 0 Å². The maximum absolute atomic E-state index is 12.3. The Hall–Kier alpha value is -1.36. The Morgan fingerprint density at radius 1 is 1.33 bits per heavy atom. The number of ether oxygens (including phenoxy) is 1. The van der Waals surface area contributed by atoms with E-state index < -0.39 is 21.1 Å². The minimum absolute atomic E-state index is 0.121. The van der Waals surface area contributed by atoms with Gasteiger partial charge in [0, 0.05) is 0 Å². The van der Waals surface area contributed by atoms with Crippen LogP contribution in [0, 0.1) is 6.92 Å². The third kappa shape index (κ3) is 3.32. The summed E-state index contributed by atoms with van der Waals surface area (Å²) in [6.45, 7) is 5.22. The molecule has 0 bridgehead atoms. The molecule has 0 radical (unpaired) electrons. The number of aryl methyl sites for hydroxylation is 1. The van der Waals surface area contributed by atoms with Crippen LogP contribution in [0.5, 0.6) is 0 Å². The molecule has 0 saturated heterocycles. The van der Waals surface area contributed by atoms with Crippen molar-refractivity contribution in [3.63, 3.8) is 0 Å². The number of rotatable bonds is 5. The van der Waals surface area contributed by atoms with Gasteiger partial charge in [0.1, 0.15) is 0 Å². The zero-order valence-corrected chi connectivity index (χ0v) is 11.7. The highest BCUT2D eigenvalue weighted by Gasteiger charge is 2.27. The fraction of sp³-hybridized carbons (Fsp3) is 0.462. The van der Waals surface area contributed by atoms with Crippen molar-refractivity contribution in [3.8, 4) is 0 Å². The quantitative estimate of drug-likeness (QED) is 0.769. The first-order valence-corrected chi connectivity index (χ1v) is 7.39. The summed E-state index contributed by atoms with van der Waals surface area (Å²) in [4.78, 5) is 11.6. The molecule has 0 fully saturated rings. The molecule has 0 spiro atoms. The number of hydrogen-bond donors (Lipinski definition) is 0. The lowest BCUT2D eigenvalue weighted by atomic mass is 10.2. The number of esters is 1. The van der Waals surface area contributed by atoms with E-state index in [4.69, 9.17) is 4.74 Å². The molecule has 0 aliphatic rings. The van der Waals surface area contributed by atoms with Crippen LogP contribution < -0.4 is 0 Å². The van der Waals surface area contributed by atoms with E-state index in [1.165, 1.54) is 6.92 Å². The van der Waals surface area contributed by atoms with E-state index >= 15 is 0 Å². The number of sulfone groups is 1. The molecule has 0 saturated carbocycles. The molecule has 1 rings (SSSR count). The summed E-state index contributed by atoms with van der Waals surface area (Å²) in [5, 5.41) is -0.780. The van der Waals surface area contributed by atoms with Crippen LogP contribution >= 0.6 is 0 Å². The largest absolute Gasteiger partial charge is 0.466 e. The van der Waals surface area contributed by atoms with Gasteiger partial charge < -0.3 is 4.74 Å². The van der Waals surface area contributed by atoms with Gasteiger partial charge in [-0.2, -0.15) is 0 Å². The molecule has 0 heterocycles. The Labute approximate surface area is 108 Å². The number of carbonyl (C=O) groups excluding carboxylic acids is 1. The smallest absolute Gasteiger partial charge is 0.307 e. The summed E-state index contributed by atoms with van der Waals surface area (Å²) in [6.07, 6.45) is -0.121. The van der Waals surface area contributed by atoms with Crippen molar-refractivity contribution < 1.29 is 17.9 Å². The summed E-state index contributed by atoms with van der Waals surface area (Å²) >= 11 is 0. The average Bonchev–Trinajstić information content (AvgIpc) is 2.29. The van der Waals surface area contributed by atoms with Crippen molar-refractivity contribution in [2.75, 3.05) is 6.61 Å². The number of benzene rings is 1. The second kappa shape index (κ2) is 6.00. The van der Waals surface area contributed by atoms with Gasteiger partial charge in [0.05, 0.1) is 23.2 Å². The predicted octanol–water partition coefficient (Wildman–Crippen LogP) is 2.11. The van der Waals surface area contributed by atoms with Gasteiger partial charge in [0.2, 0.25) is 0 Å². The van der Waals surface area contributed by atoms with Crippen LogP contribution in [0.25, 0.3) is 0 Å². The Morgan fingerprint density at radius 2 is 1.94 bits per heavy atom. The summed E-state index contributed by atoms with van der Waals surface area (Å²) in [5.41, 5.74) is 0.688. The summed E-state index contributed by atoms with van der Waals surface area (Å²) in [7, 11) is -3.48. The molecule has 100 valence electrons.